The molecule has 6 heteroatoms. The minimum Gasteiger partial charge on any atom is -0.478 e. The fourth-order valence-corrected chi connectivity index (χ4v) is 2.17. The summed E-state index contributed by atoms with van der Waals surface area (Å²) in [5, 5.41) is 19.7. The van der Waals surface area contributed by atoms with Crippen LogP contribution in [0.25, 0.3) is 0 Å². The zero-order chi connectivity index (χ0) is 13.2. The molecular formula is C12H13NO5. The van der Waals surface area contributed by atoms with Gasteiger partial charge >= 0.3 is 5.97 Å². The van der Waals surface area contributed by atoms with Gasteiger partial charge in [-0.3, -0.25) is 10.1 Å². The van der Waals surface area contributed by atoms with Crippen LogP contribution in [-0.4, -0.2) is 21.6 Å². The van der Waals surface area contributed by atoms with Crippen LogP contribution in [-0.2, 0) is 4.79 Å². The van der Waals surface area contributed by atoms with Crippen LogP contribution in [0.5, 0.6) is 5.75 Å². The number of aliphatic carboxylic acids is 1. The van der Waals surface area contributed by atoms with Crippen molar-refractivity contribution in [1.82, 2.24) is 0 Å². The van der Waals surface area contributed by atoms with Crippen LogP contribution in [0.15, 0.2) is 24.3 Å². The quantitative estimate of drug-likeness (QED) is 0.655. The molecule has 1 fully saturated rings. The van der Waals surface area contributed by atoms with Crippen LogP contribution in [0.3, 0.4) is 0 Å². The predicted molar refractivity (Wildman–Crippen MR) is 62.6 cm³/mol. The number of nitro benzene ring substituents is 1. The van der Waals surface area contributed by atoms with Crippen LogP contribution in [0.4, 0.5) is 5.69 Å². The van der Waals surface area contributed by atoms with Gasteiger partial charge in [0.1, 0.15) is 5.75 Å². The van der Waals surface area contributed by atoms with Crippen LogP contribution in [0.2, 0.25) is 0 Å². The van der Waals surface area contributed by atoms with Crippen molar-refractivity contribution in [3.05, 3.63) is 34.4 Å². The lowest BCUT2D eigenvalue weighted by Crippen LogP contribution is -2.41. The topological polar surface area (TPSA) is 89.7 Å². The van der Waals surface area contributed by atoms with E-state index in [1.165, 1.54) is 24.3 Å². The predicted octanol–water partition coefficient (Wildman–Crippen LogP) is 2.37. The van der Waals surface area contributed by atoms with Gasteiger partial charge in [-0.05, 0) is 37.8 Å². The number of rotatable bonds is 4. The molecule has 0 spiro atoms. The van der Waals surface area contributed by atoms with Crippen molar-refractivity contribution in [1.29, 1.82) is 0 Å². The minimum absolute atomic E-state index is 0.0434. The van der Waals surface area contributed by atoms with Crippen molar-refractivity contribution in [3.8, 4) is 5.75 Å². The second-order valence-electron chi connectivity index (χ2n) is 4.36. The van der Waals surface area contributed by atoms with Crippen molar-refractivity contribution in [3.63, 3.8) is 0 Å². The van der Waals surface area contributed by atoms with E-state index >= 15 is 0 Å². The zero-order valence-electron chi connectivity index (χ0n) is 9.67. The number of hydrogen-bond donors (Lipinski definition) is 1. The second kappa shape index (κ2) is 4.64. The molecule has 18 heavy (non-hydrogen) atoms. The Labute approximate surface area is 103 Å². The Balaban J connectivity index is 2.17. The Bertz CT molecular complexity index is 462. The van der Waals surface area contributed by atoms with Crippen molar-refractivity contribution < 1.29 is 19.6 Å². The van der Waals surface area contributed by atoms with Crippen molar-refractivity contribution in [2.24, 2.45) is 0 Å². The number of carboxylic acids is 1. The van der Waals surface area contributed by atoms with Gasteiger partial charge in [0.15, 0.2) is 0 Å². The summed E-state index contributed by atoms with van der Waals surface area (Å²) in [4.78, 5) is 21.3. The lowest BCUT2D eigenvalue weighted by molar-refractivity contribution is -0.384. The molecule has 1 aliphatic rings. The first-order chi connectivity index (χ1) is 8.53. The molecule has 0 bridgehead atoms. The van der Waals surface area contributed by atoms with Crippen molar-refractivity contribution in [2.45, 2.75) is 31.3 Å². The molecule has 0 amide bonds. The molecule has 1 saturated carbocycles. The summed E-state index contributed by atoms with van der Waals surface area (Å²) >= 11 is 0. The lowest BCUT2D eigenvalue weighted by Gasteiger charge is -2.25. The molecular weight excluding hydrogens is 238 g/mol. The van der Waals surface area contributed by atoms with E-state index in [4.69, 9.17) is 4.74 Å². The van der Waals surface area contributed by atoms with Gasteiger partial charge in [-0.1, -0.05) is 0 Å². The fraction of sp³-hybridized carbons (Fsp3) is 0.417. The van der Waals surface area contributed by atoms with E-state index in [1.54, 1.807) is 0 Å². The third-order valence-electron chi connectivity index (χ3n) is 3.16. The van der Waals surface area contributed by atoms with Crippen LogP contribution in [0.1, 0.15) is 25.7 Å². The summed E-state index contributed by atoms with van der Waals surface area (Å²) in [6.45, 7) is 0. The van der Waals surface area contributed by atoms with Crippen molar-refractivity contribution in [2.75, 3.05) is 0 Å². The Hall–Kier alpha value is -2.11. The number of nitro groups is 1. The largest absolute Gasteiger partial charge is 0.478 e. The normalized spacial score (nSPS) is 17.3. The molecule has 0 heterocycles. The summed E-state index contributed by atoms with van der Waals surface area (Å²) in [6.07, 6.45) is 2.58. The van der Waals surface area contributed by atoms with Crippen LogP contribution < -0.4 is 4.74 Å². The summed E-state index contributed by atoms with van der Waals surface area (Å²) in [5.74, 6) is -0.622. The maximum atomic E-state index is 11.3. The third kappa shape index (κ3) is 2.27. The van der Waals surface area contributed by atoms with Crippen LogP contribution in [0, 0.1) is 10.1 Å². The van der Waals surface area contributed by atoms with Gasteiger partial charge in [0.05, 0.1) is 4.92 Å². The SMILES string of the molecule is O=C(O)C1(Oc2ccc([N+](=O)[O-])cc2)CCCC1. The number of carboxylic acid groups (broad SMARTS) is 1. The molecule has 1 aromatic carbocycles. The molecule has 0 aliphatic heterocycles. The molecule has 6 nitrogen and oxygen atoms in total. The first-order valence-electron chi connectivity index (χ1n) is 5.70. The summed E-state index contributed by atoms with van der Waals surface area (Å²) < 4.78 is 5.54. The average molecular weight is 251 g/mol. The highest BCUT2D eigenvalue weighted by Gasteiger charge is 2.43. The number of ether oxygens (including phenoxy) is 1. The maximum Gasteiger partial charge on any atom is 0.348 e. The van der Waals surface area contributed by atoms with E-state index in [-0.39, 0.29) is 5.69 Å². The number of benzene rings is 1. The highest BCUT2D eigenvalue weighted by molar-refractivity contribution is 5.78. The molecule has 1 aliphatic carbocycles. The fourth-order valence-electron chi connectivity index (χ4n) is 2.17. The lowest BCUT2D eigenvalue weighted by atomic mass is 10.0. The molecule has 1 N–H and O–H groups in total. The summed E-state index contributed by atoms with van der Waals surface area (Å²) in [6, 6.07) is 5.47. The second-order valence-corrected chi connectivity index (χ2v) is 4.36. The van der Waals surface area contributed by atoms with E-state index in [1.807, 2.05) is 0 Å². The number of hydrogen-bond acceptors (Lipinski definition) is 4. The van der Waals surface area contributed by atoms with Gasteiger partial charge in [-0.25, -0.2) is 4.79 Å². The Morgan fingerprint density at radius 1 is 1.28 bits per heavy atom. The first-order valence-corrected chi connectivity index (χ1v) is 5.70. The van der Waals surface area contributed by atoms with Gasteiger partial charge in [0.25, 0.3) is 5.69 Å². The summed E-state index contributed by atoms with van der Waals surface area (Å²) in [5.41, 5.74) is -1.21. The highest BCUT2D eigenvalue weighted by atomic mass is 16.6. The smallest absolute Gasteiger partial charge is 0.348 e. The standard InChI is InChI=1S/C12H13NO5/c14-11(15)12(7-1-2-8-12)18-10-5-3-9(4-6-10)13(16)17/h3-6H,1-2,7-8H2,(H,14,15). The molecule has 0 aromatic heterocycles. The average Bonchev–Trinajstić information content (AvgIpc) is 2.79. The van der Waals surface area contributed by atoms with E-state index in [0.717, 1.165) is 12.8 Å². The summed E-state index contributed by atoms with van der Waals surface area (Å²) in [7, 11) is 0. The van der Waals surface area contributed by atoms with Crippen molar-refractivity contribution >= 4 is 11.7 Å². The van der Waals surface area contributed by atoms with E-state index < -0.39 is 16.5 Å². The molecule has 1 aromatic rings. The molecule has 0 unspecified atom stereocenters. The van der Waals surface area contributed by atoms with Crippen LogP contribution >= 0.6 is 0 Å². The maximum absolute atomic E-state index is 11.3. The monoisotopic (exact) mass is 251 g/mol. The third-order valence-corrected chi connectivity index (χ3v) is 3.16. The molecule has 0 saturated heterocycles. The van der Waals surface area contributed by atoms with Gasteiger partial charge in [0.2, 0.25) is 5.60 Å². The van der Waals surface area contributed by atoms with Gasteiger partial charge in [-0.15, -0.1) is 0 Å². The zero-order valence-corrected chi connectivity index (χ0v) is 9.67. The van der Waals surface area contributed by atoms with Gasteiger partial charge < -0.3 is 9.84 Å². The molecule has 96 valence electrons. The van der Waals surface area contributed by atoms with E-state index in [0.29, 0.717) is 18.6 Å². The number of nitrogens with zero attached hydrogens (tertiary/aromatic N) is 1. The van der Waals surface area contributed by atoms with E-state index in [2.05, 4.69) is 0 Å². The minimum atomic E-state index is -1.17. The van der Waals surface area contributed by atoms with E-state index in [9.17, 15) is 20.0 Å². The van der Waals surface area contributed by atoms with Gasteiger partial charge in [0, 0.05) is 12.1 Å². The molecule has 2 rings (SSSR count). The molecule has 0 radical (unpaired) electrons. The molecule has 0 atom stereocenters. The Morgan fingerprint density at radius 3 is 2.28 bits per heavy atom. The number of carbonyl (C=O) groups is 1. The highest BCUT2D eigenvalue weighted by Crippen LogP contribution is 2.35. The number of non-ortho nitro benzene ring substituents is 1. The Kier molecular flexibility index (Phi) is 3.18. The first kappa shape index (κ1) is 12.3. The van der Waals surface area contributed by atoms with Gasteiger partial charge in [-0.2, -0.15) is 0 Å². The Morgan fingerprint density at radius 2 is 1.83 bits per heavy atom.